The van der Waals surface area contributed by atoms with Gasteiger partial charge in [0.1, 0.15) is 0 Å². The third-order valence-electron chi connectivity index (χ3n) is 4.90. The average molecular weight is 389 g/mol. The van der Waals surface area contributed by atoms with E-state index in [1.54, 1.807) is 6.92 Å². The molecule has 1 aliphatic carbocycles. The van der Waals surface area contributed by atoms with E-state index >= 15 is 0 Å². The average Bonchev–Trinajstić information content (AvgIpc) is 2.74. The topological polar surface area (TPSA) is 55.1 Å². The number of fused-ring (bicyclic) bond motifs is 1. The van der Waals surface area contributed by atoms with Gasteiger partial charge in [-0.05, 0) is 67.8 Å². The molecule has 1 N–H and O–H groups in total. The number of pyridine rings is 2. The van der Waals surface area contributed by atoms with Crippen molar-refractivity contribution in [3.63, 3.8) is 0 Å². The largest absolute Gasteiger partial charge is 0.397 e. The zero-order valence-corrected chi connectivity index (χ0v) is 17.4. The number of hydrogen-bond donors (Lipinski definition) is 1. The fraction of sp³-hybridized carbons (Fsp3) is 0.280. The fourth-order valence-electron chi connectivity index (χ4n) is 3.67. The van der Waals surface area contributed by atoms with Crippen LogP contribution in [-0.2, 0) is 6.42 Å². The molecule has 2 heterocycles. The summed E-state index contributed by atoms with van der Waals surface area (Å²) in [6, 6.07) is 10.3. The summed E-state index contributed by atoms with van der Waals surface area (Å²) in [7, 11) is 0. The van der Waals surface area contributed by atoms with E-state index in [-0.39, 0.29) is 12.2 Å². The van der Waals surface area contributed by atoms with Crippen LogP contribution in [0.3, 0.4) is 0 Å². The van der Waals surface area contributed by atoms with Crippen LogP contribution in [0.4, 0.5) is 0 Å². The summed E-state index contributed by atoms with van der Waals surface area (Å²) >= 11 is 0. The molecule has 0 bridgehead atoms. The van der Waals surface area contributed by atoms with Crippen molar-refractivity contribution in [2.45, 2.75) is 40.0 Å². The smallest absolute Gasteiger partial charge is 0.263 e. The number of aryl methyl sites for hydroxylation is 2. The van der Waals surface area contributed by atoms with Crippen molar-refractivity contribution in [1.29, 1.82) is 0 Å². The Labute approximate surface area is 171 Å². The minimum Gasteiger partial charge on any atom is -0.397 e. The molecule has 29 heavy (non-hydrogen) atoms. The Hall–Kier alpha value is -2.98. The molecule has 2 aromatic heterocycles. The van der Waals surface area contributed by atoms with Gasteiger partial charge >= 0.3 is 0 Å². The van der Waals surface area contributed by atoms with Gasteiger partial charge < -0.3 is 5.11 Å². The monoisotopic (exact) mass is 388 g/mol. The van der Waals surface area contributed by atoms with Gasteiger partial charge in [-0.15, -0.1) is 0 Å². The molecular formula is C25H28N2O2. The molecule has 1 aliphatic rings. The van der Waals surface area contributed by atoms with Crippen molar-refractivity contribution < 1.29 is 5.11 Å². The van der Waals surface area contributed by atoms with Gasteiger partial charge in [0.25, 0.3) is 5.56 Å². The highest BCUT2D eigenvalue weighted by atomic mass is 16.2. The predicted molar refractivity (Wildman–Crippen MR) is 121 cm³/mol. The Morgan fingerprint density at radius 2 is 1.93 bits per heavy atom. The molecule has 4 nitrogen and oxygen atoms in total. The van der Waals surface area contributed by atoms with Crippen LogP contribution >= 0.6 is 0 Å². The maximum atomic E-state index is 13.6. The molecule has 0 spiro atoms. The van der Waals surface area contributed by atoms with Crippen LogP contribution in [0.1, 0.15) is 37.9 Å². The molecule has 0 radical (unpaired) electrons. The summed E-state index contributed by atoms with van der Waals surface area (Å²) < 4.78 is 1.88. The SMILES string of the molecule is CCO.CCc1cc2cccc(-c3cncc(C)c3)c2c(=O)n1C1=CCCC=C1. The van der Waals surface area contributed by atoms with Gasteiger partial charge in [-0.3, -0.25) is 14.3 Å². The van der Waals surface area contributed by atoms with E-state index in [1.165, 1.54) is 0 Å². The lowest BCUT2D eigenvalue weighted by Crippen LogP contribution is -2.23. The molecule has 3 aromatic rings. The number of allylic oxidation sites excluding steroid dienone is 4. The standard InChI is InChI=1S/C23H22N2O.C2H6O/c1-3-19-13-17-8-7-11-21(18-12-16(2)14-24-15-18)22(17)23(26)25(19)20-9-5-4-6-10-20;1-2-3/h5,7-15H,3-4,6H2,1-2H3;3H,2H2,1H3. The summed E-state index contributed by atoms with van der Waals surface area (Å²) in [6.45, 7) is 6.05. The van der Waals surface area contributed by atoms with Crippen molar-refractivity contribution in [2.75, 3.05) is 6.61 Å². The van der Waals surface area contributed by atoms with Gasteiger partial charge in [0.2, 0.25) is 0 Å². The molecule has 0 atom stereocenters. The summed E-state index contributed by atoms with van der Waals surface area (Å²) in [4.78, 5) is 17.9. The van der Waals surface area contributed by atoms with Crippen LogP contribution in [-0.4, -0.2) is 21.3 Å². The Bertz CT molecular complexity index is 1120. The summed E-state index contributed by atoms with van der Waals surface area (Å²) in [6.07, 6.45) is 12.8. The van der Waals surface area contributed by atoms with Crippen LogP contribution in [0.5, 0.6) is 0 Å². The minimum absolute atomic E-state index is 0.0502. The fourth-order valence-corrected chi connectivity index (χ4v) is 3.67. The Morgan fingerprint density at radius 3 is 2.59 bits per heavy atom. The zero-order chi connectivity index (χ0) is 20.8. The van der Waals surface area contributed by atoms with Gasteiger partial charge in [-0.2, -0.15) is 0 Å². The normalized spacial score (nSPS) is 13.0. The van der Waals surface area contributed by atoms with E-state index in [0.717, 1.165) is 58.1 Å². The highest BCUT2D eigenvalue weighted by Crippen LogP contribution is 2.28. The highest BCUT2D eigenvalue weighted by Gasteiger charge is 2.15. The second-order valence-electron chi connectivity index (χ2n) is 7.08. The molecular weight excluding hydrogens is 360 g/mol. The number of hydrogen-bond acceptors (Lipinski definition) is 3. The quantitative estimate of drug-likeness (QED) is 0.677. The third kappa shape index (κ3) is 4.38. The first-order valence-corrected chi connectivity index (χ1v) is 10.2. The number of aliphatic hydroxyl groups excluding tert-OH is 1. The second kappa shape index (κ2) is 9.48. The number of rotatable bonds is 3. The molecule has 0 aliphatic heterocycles. The maximum absolute atomic E-state index is 13.6. The molecule has 4 heteroatoms. The van der Waals surface area contributed by atoms with Crippen molar-refractivity contribution in [3.05, 3.63) is 82.6 Å². The van der Waals surface area contributed by atoms with Crippen molar-refractivity contribution in [2.24, 2.45) is 0 Å². The second-order valence-corrected chi connectivity index (χ2v) is 7.08. The first-order chi connectivity index (χ1) is 14.1. The molecule has 0 fully saturated rings. The summed E-state index contributed by atoms with van der Waals surface area (Å²) in [5.74, 6) is 0. The Morgan fingerprint density at radius 1 is 1.14 bits per heavy atom. The lowest BCUT2D eigenvalue weighted by Gasteiger charge is -2.17. The Kier molecular flexibility index (Phi) is 6.78. The predicted octanol–water partition coefficient (Wildman–Crippen LogP) is 5.12. The van der Waals surface area contributed by atoms with Crippen LogP contribution in [0, 0.1) is 6.92 Å². The molecule has 0 unspecified atom stereocenters. The van der Waals surface area contributed by atoms with Gasteiger partial charge in [0, 0.05) is 36.0 Å². The molecule has 1 aromatic carbocycles. The first-order valence-electron chi connectivity index (χ1n) is 10.2. The van der Waals surface area contributed by atoms with Crippen molar-refractivity contribution in [3.8, 4) is 11.1 Å². The number of aliphatic hydroxyl groups is 1. The Balaban J connectivity index is 0.000000755. The van der Waals surface area contributed by atoms with Crippen LogP contribution in [0.15, 0.2) is 65.7 Å². The molecule has 0 saturated carbocycles. The van der Waals surface area contributed by atoms with E-state index in [2.05, 4.69) is 42.3 Å². The van der Waals surface area contributed by atoms with E-state index in [0.29, 0.717) is 0 Å². The maximum Gasteiger partial charge on any atom is 0.263 e. The zero-order valence-electron chi connectivity index (χ0n) is 17.4. The molecule has 0 amide bonds. The number of benzene rings is 1. The van der Waals surface area contributed by atoms with Gasteiger partial charge in [0.05, 0.1) is 5.39 Å². The summed E-state index contributed by atoms with van der Waals surface area (Å²) in [5.41, 5.74) is 5.09. The molecule has 0 saturated heterocycles. The molecule has 4 rings (SSSR count). The van der Waals surface area contributed by atoms with Gasteiger partial charge in [0.15, 0.2) is 0 Å². The first kappa shape index (κ1) is 20.7. The van der Waals surface area contributed by atoms with Gasteiger partial charge in [-0.1, -0.05) is 37.3 Å². The van der Waals surface area contributed by atoms with Crippen molar-refractivity contribution in [1.82, 2.24) is 9.55 Å². The summed E-state index contributed by atoms with van der Waals surface area (Å²) in [5, 5.41) is 9.32. The lowest BCUT2D eigenvalue weighted by atomic mass is 9.98. The van der Waals surface area contributed by atoms with Crippen LogP contribution in [0.2, 0.25) is 0 Å². The van der Waals surface area contributed by atoms with Crippen LogP contribution in [0.25, 0.3) is 27.6 Å². The highest BCUT2D eigenvalue weighted by molar-refractivity contribution is 5.96. The molecule has 150 valence electrons. The van der Waals surface area contributed by atoms with Crippen molar-refractivity contribution >= 4 is 16.5 Å². The van der Waals surface area contributed by atoms with Crippen LogP contribution < -0.4 is 5.56 Å². The third-order valence-corrected chi connectivity index (χ3v) is 4.90. The lowest BCUT2D eigenvalue weighted by molar-refractivity contribution is 0.318. The number of nitrogens with zero attached hydrogens (tertiary/aromatic N) is 2. The minimum atomic E-state index is 0.0502. The van der Waals surface area contributed by atoms with E-state index in [9.17, 15) is 4.79 Å². The van der Waals surface area contributed by atoms with Gasteiger partial charge in [-0.25, -0.2) is 0 Å². The number of aromatic nitrogens is 2. The van der Waals surface area contributed by atoms with E-state index in [4.69, 9.17) is 5.11 Å². The van der Waals surface area contributed by atoms with E-state index < -0.39 is 0 Å². The van der Waals surface area contributed by atoms with E-state index in [1.807, 2.05) is 42.1 Å².